The Morgan fingerprint density at radius 3 is 2.45 bits per heavy atom. The quantitative estimate of drug-likeness (QED) is 0.599. The van der Waals surface area contributed by atoms with Crippen molar-refractivity contribution in [3.8, 4) is 0 Å². The van der Waals surface area contributed by atoms with Gasteiger partial charge in [0, 0.05) is 23.6 Å². The number of halogens is 3. The summed E-state index contributed by atoms with van der Waals surface area (Å²) < 4.78 is 46.7. The molecule has 0 N–H and O–H groups in total. The smallest absolute Gasteiger partial charge is 0.336 e. The van der Waals surface area contributed by atoms with Gasteiger partial charge in [-0.1, -0.05) is 38.1 Å². The van der Waals surface area contributed by atoms with E-state index in [9.17, 15) is 22.8 Å². The normalized spacial score (nSPS) is 16.8. The van der Waals surface area contributed by atoms with Gasteiger partial charge in [-0.25, -0.2) is 18.0 Å². The number of carbonyl (C=O) groups is 2. The largest absolute Gasteiger partial charge is 0.462 e. The van der Waals surface area contributed by atoms with Crippen molar-refractivity contribution in [2.75, 3.05) is 6.61 Å². The number of hydrogen-bond donors (Lipinski definition) is 0. The summed E-state index contributed by atoms with van der Waals surface area (Å²) in [5.41, 5.74) is 1.16. The lowest BCUT2D eigenvalue weighted by Crippen LogP contribution is -2.38. The van der Waals surface area contributed by atoms with Crippen molar-refractivity contribution < 1.29 is 27.5 Å². The number of allylic oxidation sites excluding steroid dienone is 1. The van der Waals surface area contributed by atoms with Crippen LogP contribution in [0.1, 0.15) is 44.2 Å². The van der Waals surface area contributed by atoms with Gasteiger partial charge in [0.15, 0.2) is 11.6 Å². The van der Waals surface area contributed by atoms with Crippen molar-refractivity contribution in [2.24, 2.45) is 5.92 Å². The fourth-order valence-corrected chi connectivity index (χ4v) is 3.61. The fraction of sp³-hybridized carbons (Fsp3) is 0.333. The minimum absolute atomic E-state index is 0.00262. The molecule has 2 aromatic rings. The molecule has 3 rings (SSSR count). The molecule has 0 radical (unpaired) electrons. The lowest BCUT2D eigenvalue weighted by atomic mass is 9.83. The van der Waals surface area contributed by atoms with E-state index in [1.54, 1.807) is 6.92 Å². The second-order valence-corrected chi connectivity index (χ2v) is 7.99. The van der Waals surface area contributed by atoms with Crippen molar-refractivity contribution in [1.82, 2.24) is 4.90 Å². The Balaban J connectivity index is 2.03. The van der Waals surface area contributed by atoms with Gasteiger partial charge in [-0.3, -0.25) is 4.79 Å². The Kier molecular flexibility index (Phi) is 6.83. The minimum atomic E-state index is -1.03. The van der Waals surface area contributed by atoms with Crippen molar-refractivity contribution in [2.45, 2.75) is 39.7 Å². The van der Waals surface area contributed by atoms with Crippen LogP contribution in [0.2, 0.25) is 0 Å². The zero-order chi connectivity index (χ0) is 22.7. The number of nitrogens with zero attached hydrogens (tertiary/aromatic N) is 1. The van der Waals surface area contributed by atoms with Crippen LogP contribution < -0.4 is 0 Å². The van der Waals surface area contributed by atoms with Gasteiger partial charge in [0.25, 0.3) is 0 Å². The molecule has 0 saturated heterocycles. The lowest BCUT2D eigenvalue weighted by Gasteiger charge is -2.34. The third-order valence-electron chi connectivity index (χ3n) is 5.22. The van der Waals surface area contributed by atoms with Crippen LogP contribution in [-0.2, 0) is 20.9 Å². The van der Waals surface area contributed by atoms with E-state index in [-0.39, 0.29) is 42.5 Å². The van der Waals surface area contributed by atoms with E-state index in [1.165, 1.54) is 41.3 Å². The Morgan fingerprint density at radius 1 is 1.13 bits per heavy atom. The predicted octanol–water partition coefficient (Wildman–Crippen LogP) is 5.09. The molecule has 1 heterocycles. The third-order valence-corrected chi connectivity index (χ3v) is 5.22. The highest BCUT2D eigenvalue weighted by molar-refractivity contribution is 5.95. The topological polar surface area (TPSA) is 46.6 Å². The molecule has 4 nitrogen and oxygen atoms in total. The molecule has 31 heavy (non-hydrogen) atoms. The molecule has 0 bridgehead atoms. The van der Waals surface area contributed by atoms with E-state index in [1.807, 2.05) is 13.8 Å². The van der Waals surface area contributed by atoms with Crippen molar-refractivity contribution in [1.29, 1.82) is 0 Å². The van der Waals surface area contributed by atoms with Gasteiger partial charge < -0.3 is 9.64 Å². The number of rotatable bonds is 6. The number of esters is 1. The predicted molar refractivity (Wildman–Crippen MR) is 109 cm³/mol. The highest BCUT2D eigenvalue weighted by Gasteiger charge is 2.37. The van der Waals surface area contributed by atoms with E-state index in [0.29, 0.717) is 11.3 Å². The van der Waals surface area contributed by atoms with Gasteiger partial charge in [-0.15, -0.1) is 0 Å². The molecular weight excluding hydrogens is 407 g/mol. The number of benzene rings is 2. The molecule has 0 spiro atoms. The first-order chi connectivity index (χ1) is 14.7. The summed E-state index contributed by atoms with van der Waals surface area (Å²) in [4.78, 5) is 27.2. The SMILES string of the molecule is CC1=C(C(=O)OCC(C)C)C(c2ccc(F)cc2)CC(=O)N1Cc1cccc(F)c1F. The third kappa shape index (κ3) is 4.98. The van der Waals surface area contributed by atoms with Crippen LogP contribution >= 0.6 is 0 Å². The molecule has 2 aromatic carbocycles. The second-order valence-electron chi connectivity index (χ2n) is 7.99. The number of amides is 1. The summed E-state index contributed by atoms with van der Waals surface area (Å²) in [6, 6.07) is 9.33. The van der Waals surface area contributed by atoms with Gasteiger partial charge in [-0.05, 0) is 36.6 Å². The summed E-state index contributed by atoms with van der Waals surface area (Å²) in [5.74, 6) is -3.93. The molecule has 1 unspecified atom stereocenters. The molecule has 0 fully saturated rings. The van der Waals surface area contributed by atoms with Gasteiger partial charge in [0.2, 0.25) is 5.91 Å². The second kappa shape index (κ2) is 9.37. The zero-order valence-corrected chi connectivity index (χ0v) is 17.6. The Labute approximate surface area is 179 Å². The summed E-state index contributed by atoms with van der Waals surface area (Å²) in [7, 11) is 0. The zero-order valence-electron chi connectivity index (χ0n) is 17.6. The summed E-state index contributed by atoms with van der Waals surface area (Å²) in [6.07, 6.45) is -0.0774. The summed E-state index contributed by atoms with van der Waals surface area (Å²) in [5, 5.41) is 0. The Hall–Kier alpha value is -3.09. The van der Waals surface area contributed by atoms with Crippen LogP contribution in [0.25, 0.3) is 0 Å². The summed E-state index contributed by atoms with van der Waals surface area (Å²) in [6.45, 7) is 5.35. The van der Waals surface area contributed by atoms with Crippen LogP contribution in [0, 0.1) is 23.4 Å². The first-order valence-electron chi connectivity index (χ1n) is 10.1. The Morgan fingerprint density at radius 2 is 1.81 bits per heavy atom. The van der Waals surface area contributed by atoms with Crippen LogP contribution in [0.15, 0.2) is 53.7 Å². The number of hydrogen-bond acceptors (Lipinski definition) is 3. The average molecular weight is 431 g/mol. The van der Waals surface area contributed by atoms with Crippen molar-refractivity contribution >= 4 is 11.9 Å². The van der Waals surface area contributed by atoms with Gasteiger partial charge in [0.1, 0.15) is 5.82 Å². The van der Waals surface area contributed by atoms with E-state index < -0.39 is 29.3 Å². The molecule has 164 valence electrons. The van der Waals surface area contributed by atoms with E-state index in [2.05, 4.69) is 0 Å². The van der Waals surface area contributed by atoms with Gasteiger partial charge in [0.05, 0.1) is 18.7 Å². The lowest BCUT2D eigenvalue weighted by molar-refractivity contribution is -0.141. The van der Waals surface area contributed by atoms with Crippen molar-refractivity contribution in [3.63, 3.8) is 0 Å². The molecular formula is C24H24F3NO3. The Bertz CT molecular complexity index is 1020. The van der Waals surface area contributed by atoms with E-state index >= 15 is 0 Å². The molecule has 0 aliphatic carbocycles. The first kappa shape index (κ1) is 22.6. The van der Waals surface area contributed by atoms with Crippen LogP contribution in [0.3, 0.4) is 0 Å². The highest BCUT2D eigenvalue weighted by atomic mass is 19.2. The highest BCUT2D eigenvalue weighted by Crippen LogP contribution is 2.38. The van der Waals surface area contributed by atoms with Crippen LogP contribution in [0.5, 0.6) is 0 Å². The molecule has 1 atom stereocenters. The van der Waals surface area contributed by atoms with Crippen LogP contribution in [-0.4, -0.2) is 23.4 Å². The van der Waals surface area contributed by atoms with Crippen molar-refractivity contribution in [3.05, 3.63) is 82.3 Å². The maximum absolute atomic E-state index is 14.2. The fourth-order valence-electron chi connectivity index (χ4n) is 3.61. The van der Waals surface area contributed by atoms with Gasteiger partial charge in [-0.2, -0.15) is 0 Å². The molecule has 1 aliphatic rings. The maximum atomic E-state index is 14.2. The molecule has 0 aromatic heterocycles. The first-order valence-corrected chi connectivity index (χ1v) is 10.1. The molecule has 1 aliphatic heterocycles. The molecule has 7 heteroatoms. The van der Waals surface area contributed by atoms with E-state index in [4.69, 9.17) is 4.74 Å². The number of ether oxygens (including phenoxy) is 1. The molecule has 0 saturated carbocycles. The monoisotopic (exact) mass is 431 g/mol. The average Bonchev–Trinajstić information content (AvgIpc) is 2.72. The number of carbonyl (C=O) groups excluding carboxylic acids is 2. The standard InChI is InChI=1S/C24H24F3NO3/c1-14(2)13-31-24(30)22-15(3)28(12-17-5-4-6-20(26)23(17)27)21(29)11-19(22)16-7-9-18(25)10-8-16/h4-10,14,19H,11-13H2,1-3H3. The summed E-state index contributed by atoms with van der Waals surface area (Å²) >= 11 is 0. The maximum Gasteiger partial charge on any atom is 0.336 e. The van der Waals surface area contributed by atoms with E-state index in [0.717, 1.165) is 6.07 Å². The molecule has 1 amide bonds. The van der Waals surface area contributed by atoms with Crippen LogP contribution in [0.4, 0.5) is 13.2 Å². The van der Waals surface area contributed by atoms with Gasteiger partial charge >= 0.3 is 5.97 Å². The minimum Gasteiger partial charge on any atom is -0.462 e.